The lowest BCUT2D eigenvalue weighted by molar-refractivity contribution is 0.141. The van der Waals surface area contributed by atoms with Gasteiger partial charge in [-0.25, -0.2) is 0 Å². The van der Waals surface area contributed by atoms with Gasteiger partial charge in [0, 0.05) is 12.6 Å². The van der Waals surface area contributed by atoms with Crippen molar-refractivity contribution in [1.82, 2.24) is 4.90 Å². The van der Waals surface area contributed by atoms with Crippen LogP contribution in [0.3, 0.4) is 0 Å². The minimum atomic E-state index is 0.300. The van der Waals surface area contributed by atoms with Gasteiger partial charge in [0.25, 0.3) is 0 Å². The van der Waals surface area contributed by atoms with Crippen LogP contribution in [0.1, 0.15) is 97.8 Å². The van der Waals surface area contributed by atoms with Gasteiger partial charge in [-0.05, 0) is 25.8 Å². The Bertz CT molecular complexity index is 192. The normalized spacial score (nSPS) is 11.7. The molecule has 0 atom stereocenters. The molecule has 0 aromatic rings. The topological polar surface area (TPSA) is 23.5 Å². The van der Waals surface area contributed by atoms with E-state index in [4.69, 9.17) is 0 Å². The van der Waals surface area contributed by atoms with Gasteiger partial charge in [-0.2, -0.15) is 0 Å². The molecule has 0 fully saturated rings. The molecule has 0 amide bonds. The maximum atomic E-state index is 9.20. The fourth-order valence-electron chi connectivity index (χ4n) is 3.21. The van der Waals surface area contributed by atoms with Crippen molar-refractivity contribution in [3.05, 3.63) is 0 Å². The minimum Gasteiger partial charge on any atom is -0.395 e. The molecule has 0 saturated heterocycles. The highest BCUT2D eigenvalue weighted by Gasteiger charge is 2.13. The number of nitrogens with zero attached hydrogens (tertiary/aromatic N) is 1. The first-order chi connectivity index (χ1) is 10.3. The van der Waals surface area contributed by atoms with Gasteiger partial charge in [0.15, 0.2) is 0 Å². The Labute approximate surface area is 134 Å². The summed E-state index contributed by atoms with van der Waals surface area (Å²) in [6.07, 6.45) is 16.4. The Morgan fingerprint density at radius 2 is 1.14 bits per heavy atom. The van der Waals surface area contributed by atoms with E-state index >= 15 is 0 Å². The molecule has 0 aliphatic heterocycles. The number of rotatable bonds is 16. The van der Waals surface area contributed by atoms with Gasteiger partial charge in [0.1, 0.15) is 0 Å². The third kappa shape index (κ3) is 12.2. The largest absolute Gasteiger partial charge is 0.395 e. The Balaban J connectivity index is 3.49. The SMILES string of the molecule is CCCCCCCCCCCCN(CCO)C(CC)CC. The van der Waals surface area contributed by atoms with Gasteiger partial charge >= 0.3 is 0 Å². The second-order valence-corrected chi connectivity index (χ2v) is 6.41. The zero-order valence-corrected chi connectivity index (χ0v) is 15.1. The monoisotopic (exact) mass is 299 g/mol. The number of aliphatic hydroxyl groups excluding tert-OH is 1. The highest BCUT2D eigenvalue weighted by molar-refractivity contribution is 4.68. The first-order valence-corrected chi connectivity index (χ1v) is 9.64. The summed E-state index contributed by atoms with van der Waals surface area (Å²) in [5.74, 6) is 0. The average Bonchev–Trinajstić information content (AvgIpc) is 2.50. The molecule has 1 N–H and O–H groups in total. The molecule has 128 valence electrons. The van der Waals surface area contributed by atoms with Crippen LogP contribution in [0.25, 0.3) is 0 Å². The van der Waals surface area contributed by atoms with Gasteiger partial charge in [0.2, 0.25) is 0 Å². The molecule has 2 nitrogen and oxygen atoms in total. The van der Waals surface area contributed by atoms with Gasteiger partial charge in [-0.15, -0.1) is 0 Å². The fourth-order valence-corrected chi connectivity index (χ4v) is 3.21. The van der Waals surface area contributed by atoms with Crippen molar-refractivity contribution < 1.29 is 5.11 Å². The Hall–Kier alpha value is -0.0800. The number of aliphatic hydroxyl groups is 1. The predicted molar refractivity (Wildman–Crippen MR) is 94.9 cm³/mol. The molecule has 0 spiro atoms. The summed E-state index contributed by atoms with van der Waals surface area (Å²) in [6, 6.07) is 0.663. The highest BCUT2D eigenvalue weighted by atomic mass is 16.3. The van der Waals surface area contributed by atoms with Crippen LogP contribution in [-0.2, 0) is 0 Å². The van der Waals surface area contributed by atoms with Crippen molar-refractivity contribution in [3.63, 3.8) is 0 Å². The zero-order chi connectivity index (χ0) is 15.8. The lowest BCUT2D eigenvalue weighted by Gasteiger charge is -2.29. The maximum absolute atomic E-state index is 9.20. The number of hydrogen-bond donors (Lipinski definition) is 1. The van der Waals surface area contributed by atoms with E-state index in [9.17, 15) is 5.11 Å². The maximum Gasteiger partial charge on any atom is 0.0558 e. The molecule has 0 aromatic carbocycles. The predicted octanol–water partition coefficient (Wildman–Crippen LogP) is 5.39. The van der Waals surface area contributed by atoms with Crippen LogP contribution in [0, 0.1) is 0 Å². The molecule has 2 heteroatoms. The van der Waals surface area contributed by atoms with E-state index in [1.54, 1.807) is 0 Å². The summed E-state index contributed by atoms with van der Waals surface area (Å²) >= 11 is 0. The third-order valence-corrected chi connectivity index (χ3v) is 4.64. The summed E-state index contributed by atoms with van der Waals surface area (Å²) in [6.45, 7) is 9.12. The molecular formula is C19H41NO. The van der Waals surface area contributed by atoms with Gasteiger partial charge in [0.05, 0.1) is 6.61 Å². The number of unbranched alkanes of at least 4 members (excludes halogenated alkanes) is 9. The molecule has 0 bridgehead atoms. The van der Waals surface area contributed by atoms with Gasteiger partial charge < -0.3 is 5.11 Å². The lowest BCUT2D eigenvalue weighted by atomic mass is 10.1. The lowest BCUT2D eigenvalue weighted by Crippen LogP contribution is -2.37. The third-order valence-electron chi connectivity index (χ3n) is 4.64. The summed E-state index contributed by atoms with van der Waals surface area (Å²) in [5.41, 5.74) is 0. The molecule has 0 aliphatic carbocycles. The van der Waals surface area contributed by atoms with Crippen LogP contribution in [-0.4, -0.2) is 35.7 Å². The average molecular weight is 300 g/mol. The van der Waals surface area contributed by atoms with Crippen LogP contribution < -0.4 is 0 Å². The van der Waals surface area contributed by atoms with Crippen LogP contribution in [0.2, 0.25) is 0 Å². The second kappa shape index (κ2) is 16.3. The van der Waals surface area contributed by atoms with Crippen LogP contribution in [0.4, 0.5) is 0 Å². The van der Waals surface area contributed by atoms with E-state index in [2.05, 4.69) is 25.7 Å². The molecule has 0 unspecified atom stereocenters. The Morgan fingerprint density at radius 1 is 0.667 bits per heavy atom. The van der Waals surface area contributed by atoms with E-state index < -0.39 is 0 Å². The summed E-state index contributed by atoms with van der Waals surface area (Å²) in [7, 11) is 0. The summed E-state index contributed by atoms with van der Waals surface area (Å²) < 4.78 is 0. The molecule has 0 heterocycles. The van der Waals surface area contributed by atoms with Crippen molar-refractivity contribution >= 4 is 0 Å². The van der Waals surface area contributed by atoms with E-state index in [1.165, 1.54) is 83.6 Å². The van der Waals surface area contributed by atoms with Crippen LogP contribution >= 0.6 is 0 Å². The van der Waals surface area contributed by atoms with Gasteiger partial charge in [-0.1, -0.05) is 78.6 Å². The first kappa shape index (κ1) is 20.9. The van der Waals surface area contributed by atoms with Crippen LogP contribution in [0.15, 0.2) is 0 Å². The molecule has 0 aliphatic rings. The highest BCUT2D eigenvalue weighted by Crippen LogP contribution is 2.13. The standard InChI is InChI=1S/C19H41NO/c1-4-7-8-9-10-11-12-13-14-15-16-20(17-18-21)19(5-2)6-3/h19,21H,4-18H2,1-3H3. The molecular weight excluding hydrogens is 258 g/mol. The molecule has 0 radical (unpaired) electrons. The molecule has 0 rings (SSSR count). The first-order valence-electron chi connectivity index (χ1n) is 9.64. The smallest absolute Gasteiger partial charge is 0.0558 e. The van der Waals surface area contributed by atoms with Crippen molar-refractivity contribution in [2.75, 3.05) is 19.7 Å². The molecule has 21 heavy (non-hydrogen) atoms. The van der Waals surface area contributed by atoms with Gasteiger partial charge in [-0.3, -0.25) is 4.90 Å². The van der Waals surface area contributed by atoms with E-state index in [0.29, 0.717) is 12.6 Å². The Kier molecular flexibility index (Phi) is 16.2. The second-order valence-electron chi connectivity index (χ2n) is 6.41. The van der Waals surface area contributed by atoms with E-state index in [1.807, 2.05) is 0 Å². The molecule has 0 saturated carbocycles. The van der Waals surface area contributed by atoms with Crippen molar-refractivity contribution in [3.8, 4) is 0 Å². The summed E-state index contributed by atoms with van der Waals surface area (Å²) in [5, 5.41) is 9.20. The molecule has 0 aromatic heterocycles. The quantitative estimate of drug-likeness (QED) is 0.386. The fraction of sp³-hybridized carbons (Fsp3) is 1.00. The zero-order valence-electron chi connectivity index (χ0n) is 15.1. The van der Waals surface area contributed by atoms with Crippen molar-refractivity contribution in [1.29, 1.82) is 0 Å². The van der Waals surface area contributed by atoms with E-state index in [0.717, 1.165) is 6.54 Å². The van der Waals surface area contributed by atoms with E-state index in [-0.39, 0.29) is 0 Å². The van der Waals surface area contributed by atoms with Crippen LogP contribution in [0.5, 0.6) is 0 Å². The summed E-state index contributed by atoms with van der Waals surface area (Å²) in [4.78, 5) is 2.49. The Morgan fingerprint density at radius 3 is 1.57 bits per heavy atom. The van der Waals surface area contributed by atoms with Crippen molar-refractivity contribution in [2.24, 2.45) is 0 Å². The minimum absolute atomic E-state index is 0.300. The van der Waals surface area contributed by atoms with Crippen molar-refractivity contribution in [2.45, 2.75) is 104 Å². The number of hydrogen-bond acceptors (Lipinski definition) is 2.